The van der Waals surface area contributed by atoms with E-state index in [2.05, 4.69) is 5.32 Å². The topological polar surface area (TPSA) is 88.4 Å². The zero-order valence-corrected chi connectivity index (χ0v) is 13.8. The van der Waals surface area contributed by atoms with Crippen LogP contribution in [0.2, 0.25) is 0 Å². The van der Waals surface area contributed by atoms with E-state index in [0.717, 1.165) is 10.4 Å². The van der Waals surface area contributed by atoms with Crippen LogP contribution in [0.3, 0.4) is 0 Å². The van der Waals surface area contributed by atoms with E-state index in [1.807, 2.05) is 13.8 Å². The van der Waals surface area contributed by atoms with Crippen LogP contribution in [0.25, 0.3) is 0 Å². The molecule has 0 aliphatic carbocycles. The summed E-state index contributed by atoms with van der Waals surface area (Å²) in [6.07, 6.45) is 1.24. The highest BCUT2D eigenvalue weighted by atomic mass is 32.1. The van der Waals surface area contributed by atoms with Gasteiger partial charge in [-0.05, 0) is 33.3 Å². The van der Waals surface area contributed by atoms with Crippen molar-refractivity contribution in [2.24, 2.45) is 0 Å². The summed E-state index contributed by atoms with van der Waals surface area (Å²) in [5, 5.41) is 12.3. The minimum atomic E-state index is -0.708. The Labute approximate surface area is 133 Å². The molecule has 0 unspecified atom stereocenters. The summed E-state index contributed by atoms with van der Waals surface area (Å²) in [7, 11) is 0. The standard InChI is InChI=1S/C15H18N2O4S/c1-5-20-14(18)11(7-16)8-17-13-12(15(19)21-6-2)9(3)10(4)22-13/h8,17H,5-6H2,1-4H3/b11-8-. The number of anilines is 1. The number of thiophene rings is 1. The Morgan fingerprint density at radius 3 is 2.45 bits per heavy atom. The fourth-order valence-electron chi connectivity index (χ4n) is 1.66. The lowest BCUT2D eigenvalue weighted by Gasteiger charge is -2.05. The molecule has 0 atom stereocenters. The Balaban J connectivity index is 3.08. The molecule has 0 saturated carbocycles. The maximum absolute atomic E-state index is 12.0. The van der Waals surface area contributed by atoms with Crippen LogP contribution in [-0.4, -0.2) is 25.2 Å². The number of hydrogen-bond acceptors (Lipinski definition) is 7. The fraction of sp³-hybridized carbons (Fsp3) is 0.400. The lowest BCUT2D eigenvalue weighted by molar-refractivity contribution is -0.138. The van der Waals surface area contributed by atoms with Gasteiger partial charge in [0, 0.05) is 11.1 Å². The van der Waals surface area contributed by atoms with Crippen molar-refractivity contribution in [3.63, 3.8) is 0 Å². The number of carbonyl (C=O) groups excluding carboxylic acids is 2. The SMILES string of the molecule is CCOC(=O)/C(C#N)=C\Nc1sc(C)c(C)c1C(=O)OCC. The van der Waals surface area contributed by atoms with Gasteiger partial charge >= 0.3 is 11.9 Å². The monoisotopic (exact) mass is 322 g/mol. The molecule has 22 heavy (non-hydrogen) atoms. The molecule has 0 aliphatic heterocycles. The summed E-state index contributed by atoms with van der Waals surface area (Å²) < 4.78 is 9.80. The first-order valence-corrected chi connectivity index (χ1v) is 7.58. The average Bonchev–Trinajstić information content (AvgIpc) is 2.75. The second-order valence-corrected chi connectivity index (χ2v) is 5.47. The molecule has 0 saturated heterocycles. The molecule has 118 valence electrons. The van der Waals surface area contributed by atoms with Crippen molar-refractivity contribution in [3.05, 3.63) is 27.8 Å². The highest BCUT2D eigenvalue weighted by Crippen LogP contribution is 2.33. The summed E-state index contributed by atoms with van der Waals surface area (Å²) in [6, 6.07) is 1.76. The van der Waals surface area contributed by atoms with Crippen LogP contribution in [0, 0.1) is 25.2 Å². The average molecular weight is 322 g/mol. The Kier molecular flexibility index (Phi) is 6.60. The molecule has 0 radical (unpaired) electrons. The first kappa shape index (κ1) is 17.7. The molecule has 6 nitrogen and oxygen atoms in total. The molecule has 7 heteroatoms. The number of nitrogens with one attached hydrogen (secondary N) is 1. The molecule has 0 bridgehead atoms. The van der Waals surface area contributed by atoms with Crippen LogP contribution >= 0.6 is 11.3 Å². The van der Waals surface area contributed by atoms with E-state index in [0.29, 0.717) is 10.6 Å². The number of rotatable bonds is 6. The molecular formula is C15H18N2O4S. The van der Waals surface area contributed by atoms with E-state index in [1.165, 1.54) is 17.5 Å². The van der Waals surface area contributed by atoms with E-state index in [1.54, 1.807) is 19.9 Å². The quantitative estimate of drug-likeness (QED) is 0.492. The number of nitriles is 1. The first-order valence-electron chi connectivity index (χ1n) is 6.77. The largest absolute Gasteiger partial charge is 0.462 e. The van der Waals surface area contributed by atoms with Gasteiger partial charge in [-0.3, -0.25) is 0 Å². The van der Waals surface area contributed by atoms with Crippen LogP contribution in [-0.2, 0) is 14.3 Å². The highest BCUT2D eigenvalue weighted by molar-refractivity contribution is 7.16. The van der Waals surface area contributed by atoms with E-state index >= 15 is 0 Å². The van der Waals surface area contributed by atoms with Gasteiger partial charge < -0.3 is 14.8 Å². The normalized spacial score (nSPS) is 10.8. The summed E-state index contributed by atoms with van der Waals surface area (Å²) in [6.45, 7) is 7.55. The number of esters is 2. The number of ether oxygens (including phenoxy) is 2. The second kappa shape index (κ2) is 8.20. The number of nitrogens with zero attached hydrogens (tertiary/aromatic N) is 1. The Bertz CT molecular complexity index is 641. The molecule has 1 aromatic rings. The van der Waals surface area contributed by atoms with Crippen molar-refractivity contribution < 1.29 is 19.1 Å². The molecule has 1 rings (SSSR count). The van der Waals surface area contributed by atoms with Gasteiger partial charge in [0.1, 0.15) is 11.1 Å². The van der Waals surface area contributed by atoms with Crippen LogP contribution in [0.1, 0.15) is 34.6 Å². The second-order valence-electron chi connectivity index (χ2n) is 4.24. The van der Waals surface area contributed by atoms with Crippen molar-refractivity contribution in [2.75, 3.05) is 18.5 Å². The predicted octanol–water partition coefficient (Wildman–Crippen LogP) is 2.92. The van der Waals surface area contributed by atoms with Gasteiger partial charge in [-0.2, -0.15) is 5.26 Å². The zero-order chi connectivity index (χ0) is 16.7. The Morgan fingerprint density at radius 1 is 1.27 bits per heavy atom. The van der Waals surface area contributed by atoms with Crippen molar-refractivity contribution >= 4 is 28.3 Å². The number of carbonyl (C=O) groups is 2. The molecule has 1 heterocycles. The zero-order valence-electron chi connectivity index (χ0n) is 13.0. The predicted molar refractivity (Wildman–Crippen MR) is 83.7 cm³/mol. The van der Waals surface area contributed by atoms with Crippen molar-refractivity contribution in [1.29, 1.82) is 5.26 Å². The summed E-state index contributed by atoms with van der Waals surface area (Å²) >= 11 is 1.35. The van der Waals surface area contributed by atoms with E-state index in [9.17, 15) is 9.59 Å². The third-order valence-electron chi connectivity index (χ3n) is 2.83. The van der Waals surface area contributed by atoms with Crippen LogP contribution < -0.4 is 5.32 Å². The number of aryl methyl sites for hydroxylation is 1. The lowest BCUT2D eigenvalue weighted by atomic mass is 10.1. The van der Waals surface area contributed by atoms with Gasteiger partial charge in [0.05, 0.1) is 18.8 Å². The van der Waals surface area contributed by atoms with Crippen molar-refractivity contribution in [3.8, 4) is 6.07 Å². The van der Waals surface area contributed by atoms with E-state index < -0.39 is 11.9 Å². The smallest absolute Gasteiger partial charge is 0.350 e. The van der Waals surface area contributed by atoms with Crippen LogP contribution in [0.15, 0.2) is 11.8 Å². The van der Waals surface area contributed by atoms with Crippen LogP contribution in [0.4, 0.5) is 5.00 Å². The molecule has 0 aliphatic rings. The molecule has 1 aromatic heterocycles. The lowest BCUT2D eigenvalue weighted by Crippen LogP contribution is -2.10. The maximum Gasteiger partial charge on any atom is 0.350 e. The number of hydrogen-bond donors (Lipinski definition) is 1. The summed E-state index contributed by atoms with van der Waals surface area (Å²) in [5.41, 5.74) is 1.07. The van der Waals surface area contributed by atoms with Gasteiger partial charge in [-0.25, -0.2) is 9.59 Å². The Hall–Kier alpha value is -2.33. The van der Waals surface area contributed by atoms with E-state index in [-0.39, 0.29) is 18.8 Å². The molecule has 0 aromatic carbocycles. The van der Waals surface area contributed by atoms with Gasteiger partial charge in [0.25, 0.3) is 0 Å². The highest BCUT2D eigenvalue weighted by Gasteiger charge is 2.20. The fourth-order valence-corrected chi connectivity index (χ4v) is 2.68. The van der Waals surface area contributed by atoms with Crippen LogP contribution in [0.5, 0.6) is 0 Å². The van der Waals surface area contributed by atoms with Gasteiger partial charge in [0.2, 0.25) is 0 Å². The van der Waals surface area contributed by atoms with Gasteiger partial charge in [0.15, 0.2) is 5.57 Å². The molecule has 0 fully saturated rings. The maximum atomic E-state index is 12.0. The third-order valence-corrected chi connectivity index (χ3v) is 3.97. The summed E-state index contributed by atoms with van der Waals surface area (Å²) in [4.78, 5) is 24.5. The van der Waals surface area contributed by atoms with Crippen molar-refractivity contribution in [2.45, 2.75) is 27.7 Å². The van der Waals surface area contributed by atoms with E-state index in [4.69, 9.17) is 14.7 Å². The minimum Gasteiger partial charge on any atom is -0.462 e. The van der Waals surface area contributed by atoms with Crippen molar-refractivity contribution in [1.82, 2.24) is 0 Å². The minimum absolute atomic E-state index is 0.166. The molecule has 1 N–H and O–H groups in total. The first-order chi connectivity index (χ1) is 10.5. The Morgan fingerprint density at radius 2 is 1.91 bits per heavy atom. The molecule has 0 amide bonds. The van der Waals surface area contributed by atoms with Gasteiger partial charge in [-0.1, -0.05) is 0 Å². The van der Waals surface area contributed by atoms with Gasteiger partial charge in [-0.15, -0.1) is 11.3 Å². The summed E-state index contributed by atoms with van der Waals surface area (Å²) in [5.74, 6) is -1.14. The molecular weight excluding hydrogens is 304 g/mol. The third kappa shape index (κ3) is 4.09. The molecule has 0 spiro atoms.